The Balaban J connectivity index is 1.46. The van der Waals surface area contributed by atoms with Crippen molar-refractivity contribution < 1.29 is 9.15 Å². The summed E-state index contributed by atoms with van der Waals surface area (Å²) in [6, 6.07) is 8.32. The molecular formula is C24H39N3O2. The van der Waals surface area contributed by atoms with Gasteiger partial charge in [-0.1, -0.05) is 101 Å². The number of hydrogen-bond acceptors (Lipinski definition) is 5. The van der Waals surface area contributed by atoms with Gasteiger partial charge in [-0.25, -0.2) is 0 Å². The number of rotatable bonds is 17. The quantitative estimate of drug-likeness (QED) is 0.293. The van der Waals surface area contributed by atoms with Gasteiger partial charge in [0.15, 0.2) is 6.61 Å². The van der Waals surface area contributed by atoms with Crippen LogP contribution >= 0.6 is 0 Å². The lowest BCUT2D eigenvalue weighted by atomic mass is 10.0. The number of nitrogens with zero attached hydrogens (tertiary/aromatic N) is 2. The molecule has 1 heterocycles. The van der Waals surface area contributed by atoms with Crippen molar-refractivity contribution in [2.45, 2.75) is 103 Å². The zero-order valence-electron chi connectivity index (χ0n) is 18.2. The number of anilines is 1. The third kappa shape index (κ3) is 10.9. The number of aromatic nitrogens is 2. The lowest BCUT2D eigenvalue weighted by Crippen LogP contribution is -1.96. The van der Waals surface area contributed by atoms with Crippen LogP contribution < -0.4 is 10.5 Å². The molecule has 0 aliphatic carbocycles. The fraction of sp³-hybridized carbons (Fsp3) is 0.667. The van der Waals surface area contributed by atoms with Gasteiger partial charge in [-0.2, -0.15) is 0 Å². The summed E-state index contributed by atoms with van der Waals surface area (Å²) in [6.07, 6.45) is 19.1. The number of nitrogens with two attached hydrogens (primary N) is 1. The summed E-state index contributed by atoms with van der Waals surface area (Å²) in [6.45, 7) is 2.52. The number of ether oxygens (including phenoxy) is 1. The van der Waals surface area contributed by atoms with Crippen molar-refractivity contribution in [1.82, 2.24) is 10.2 Å². The van der Waals surface area contributed by atoms with E-state index in [1.165, 1.54) is 89.0 Å². The molecule has 0 radical (unpaired) electrons. The Hall–Kier alpha value is -2.04. The van der Waals surface area contributed by atoms with Crippen molar-refractivity contribution in [3.05, 3.63) is 35.7 Å². The molecule has 0 spiro atoms. The fourth-order valence-electron chi connectivity index (χ4n) is 3.61. The van der Waals surface area contributed by atoms with Gasteiger partial charge < -0.3 is 14.9 Å². The van der Waals surface area contributed by atoms with Crippen LogP contribution in [-0.4, -0.2) is 10.2 Å². The van der Waals surface area contributed by atoms with E-state index >= 15 is 0 Å². The van der Waals surface area contributed by atoms with E-state index in [1.54, 1.807) is 0 Å². The zero-order valence-corrected chi connectivity index (χ0v) is 18.2. The summed E-state index contributed by atoms with van der Waals surface area (Å²) in [5.74, 6) is 1.22. The van der Waals surface area contributed by atoms with Gasteiger partial charge in [0.25, 0.3) is 5.89 Å². The Labute approximate surface area is 176 Å². The van der Waals surface area contributed by atoms with E-state index in [2.05, 4.69) is 29.3 Å². The minimum atomic E-state index is 0.0692. The highest BCUT2D eigenvalue weighted by Gasteiger charge is 2.04. The van der Waals surface area contributed by atoms with Crippen molar-refractivity contribution in [3.63, 3.8) is 0 Å². The summed E-state index contributed by atoms with van der Waals surface area (Å²) in [5.41, 5.74) is 6.73. The molecule has 0 fully saturated rings. The average Bonchev–Trinajstić information content (AvgIpc) is 3.15. The molecule has 0 unspecified atom stereocenters. The Morgan fingerprint density at radius 1 is 0.828 bits per heavy atom. The number of nitrogen functional groups attached to an aromatic ring is 1. The summed E-state index contributed by atoms with van der Waals surface area (Å²) in [5, 5.41) is 7.43. The molecule has 0 saturated heterocycles. The molecule has 5 nitrogen and oxygen atoms in total. The first-order valence-electron chi connectivity index (χ1n) is 11.6. The summed E-state index contributed by atoms with van der Waals surface area (Å²) in [4.78, 5) is 0. The lowest BCUT2D eigenvalue weighted by Gasteiger charge is -2.07. The topological polar surface area (TPSA) is 74.2 Å². The normalized spacial score (nSPS) is 11.1. The van der Waals surface area contributed by atoms with Crippen LogP contribution in [0.15, 0.2) is 28.7 Å². The van der Waals surface area contributed by atoms with Crippen molar-refractivity contribution in [2.24, 2.45) is 0 Å². The van der Waals surface area contributed by atoms with Crippen molar-refractivity contribution in [3.8, 4) is 5.75 Å². The van der Waals surface area contributed by atoms with Crippen LogP contribution in [0, 0.1) is 0 Å². The van der Waals surface area contributed by atoms with E-state index in [0.29, 0.717) is 5.89 Å². The molecule has 1 aromatic carbocycles. The molecule has 2 N–H and O–H groups in total. The highest BCUT2D eigenvalue weighted by Crippen LogP contribution is 2.18. The average molecular weight is 402 g/mol. The van der Waals surface area contributed by atoms with Gasteiger partial charge in [0.05, 0.1) is 0 Å². The minimum absolute atomic E-state index is 0.0692. The van der Waals surface area contributed by atoms with Crippen molar-refractivity contribution >= 4 is 6.01 Å². The molecule has 0 saturated carbocycles. The number of unbranched alkanes of at least 4 members (excludes halogenated alkanes) is 12. The van der Waals surface area contributed by atoms with Crippen LogP contribution in [-0.2, 0) is 13.0 Å². The predicted octanol–water partition coefficient (Wildman–Crippen LogP) is 6.86. The van der Waals surface area contributed by atoms with E-state index in [0.717, 1.165) is 12.2 Å². The molecule has 0 aliphatic rings. The zero-order chi connectivity index (χ0) is 20.6. The molecule has 29 heavy (non-hydrogen) atoms. The first kappa shape index (κ1) is 23.2. The summed E-state index contributed by atoms with van der Waals surface area (Å²) >= 11 is 0. The second-order valence-electron chi connectivity index (χ2n) is 7.96. The Kier molecular flexibility index (Phi) is 11.9. The Bertz CT molecular complexity index is 657. The maximum Gasteiger partial charge on any atom is 0.312 e. The first-order chi connectivity index (χ1) is 14.3. The van der Waals surface area contributed by atoms with Crippen LogP contribution in [0.1, 0.15) is 102 Å². The van der Waals surface area contributed by atoms with E-state index < -0.39 is 0 Å². The van der Waals surface area contributed by atoms with Crippen LogP contribution in [0.5, 0.6) is 5.75 Å². The number of aryl methyl sites for hydroxylation is 1. The molecule has 2 aromatic rings. The smallest absolute Gasteiger partial charge is 0.312 e. The SMILES string of the molecule is CCCCCCCCCCCCCCCc1cccc(OCc2nnc(N)o2)c1. The highest BCUT2D eigenvalue weighted by atomic mass is 16.5. The first-order valence-corrected chi connectivity index (χ1v) is 11.6. The number of benzene rings is 1. The standard InChI is InChI=1S/C24H39N3O2/c1-2-3-4-5-6-7-8-9-10-11-12-13-14-16-21-17-15-18-22(19-21)28-20-23-26-27-24(25)29-23/h15,17-19H,2-14,16,20H2,1H3,(H2,25,27). The van der Waals surface area contributed by atoms with E-state index in [4.69, 9.17) is 14.9 Å². The van der Waals surface area contributed by atoms with Gasteiger partial charge in [-0.3, -0.25) is 0 Å². The summed E-state index contributed by atoms with van der Waals surface area (Å²) in [7, 11) is 0. The molecule has 0 atom stereocenters. The molecule has 2 rings (SSSR count). The van der Waals surface area contributed by atoms with Gasteiger partial charge in [0, 0.05) is 0 Å². The Morgan fingerprint density at radius 2 is 1.45 bits per heavy atom. The minimum Gasteiger partial charge on any atom is -0.484 e. The molecule has 162 valence electrons. The van der Waals surface area contributed by atoms with Crippen LogP contribution in [0.4, 0.5) is 6.01 Å². The summed E-state index contributed by atoms with van der Waals surface area (Å²) < 4.78 is 10.8. The molecule has 1 aromatic heterocycles. The van der Waals surface area contributed by atoms with Crippen LogP contribution in [0.3, 0.4) is 0 Å². The number of hydrogen-bond donors (Lipinski definition) is 1. The maximum atomic E-state index is 5.71. The third-order valence-corrected chi connectivity index (χ3v) is 5.31. The van der Waals surface area contributed by atoms with Gasteiger partial charge in [-0.15, -0.1) is 5.10 Å². The molecule has 0 bridgehead atoms. The van der Waals surface area contributed by atoms with Gasteiger partial charge in [0.2, 0.25) is 0 Å². The molecule has 5 heteroatoms. The van der Waals surface area contributed by atoms with Gasteiger partial charge in [-0.05, 0) is 30.5 Å². The van der Waals surface area contributed by atoms with E-state index in [9.17, 15) is 0 Å². The monoisotopic (exact) mass is 401 g/mol. The second kappa shape index (κ2) is 14.9. The third-order valence-electron chi connectivity index (χ3n) is 5.31. The van der Waals surface area contributed by atoms with Crippen molar-refractivity contribution in [2.75, 3.05) is 5.73 Å². The molecular weight excluding hydrogens is 362 g/mol. The largest absolute Gasteiger partial charge is 0.484 e. The van der Waals surface area contributed by atoms with Crippen LogP contribution in [0.2, 0.25) is 0 Å². The second-order valence-corrected chi connectivity index (χ2v) is 7.96. The molecule has 0 amide bonds. The molecule has 0 aliphatic heterocycles. The van der Waals surface area contributed by atoms with Crippen molar-refractivity contribution in [1.29, 1.82) is 0 Å². The van der Waals surface area contributed by atoms with Gasteiger partial charge in [0.1, 0.15) is 5.75 Å². The predicted molar refractivity (Wildman–Crippen MR) is 119 cm³/mol. The van der Waals surface area contributed by atoms with E-state index in [1.807, 2.05) is 12.1 Å². The fourth-order valence-corrected chi connectivity index (χ4v) is 3.61. The Morgan fingerprint density at radius 3 is 2.03 bits per heavy atom. The van der Waals surface area contributed by atoms with Crippen LogP contribution in [0.25, 0.3) is 0 Å². The lowest BCUT2D eigenvalue weighted by molar-refractivity contribution is 0.264. The van der Waals surface area contributed by atoms with E-state index in [-0.39, 0.29) is 12.6 Å². The van der Waals surface area contributed by atoms with Gasteiger partial charge >= 0.3 is 6.01 Å². The highest BCUT2D eigenvalue weighted by molar-refractivity contribution is 5.28. The maximum absolute atomic E-state index is 5.71.